The molecule has 1 fully saturated rings. The van der Waals surface area contributed by atoms with Crippen LogP contribution < -0.4 is 5.32 Å². The minimum Gasteiger partial charge on any atom is -0.481 e. The van der Waals surface area contributed by atoms with Gasteiger partial charge in [-0.05, 0) is 37.0 Å². The van der Waals surface area contributed by atoms with Crippen molar-refractivity contribution in [2.24, 2.45) is 5.92 Å². The third-order valence-electron chi connectivity index (χ3n) is 4.54. The highest BCUT2D eigenvalue weighted by molar-refractivity contribution is 7.89. The number of sulfonamides is 1. The molecule has 8 heteroatoms. The van der Waals surface area contributed by atoms with Crippen molar-refractivity contribution in [3.8, 4) is 0 Å². The first kappa shape index (κ1) is 20.4. The van der Waals surface area contributed by atoms with Crippen LogP contribution in [-0.4, -0.2) is 49.3 Å². The molecular weight excluding hydrogens is 356 g/mol. The number of carbonyl (C=O) groups is 2. The normalized spacial score (nSPS) is 16.8. The van der Waals surface area contributed by atoms with Gasteiger partial charge >= 0.3 is 5.97 Å². The fraction of sp³-hybridized carbons (Fsp3) is 0.556. The number of nitrogens with one attached hydrogen (secondary N) is 1. The lowest BCUT2D eigenvalue weighted by Crippen LogP contribution is -2.35. The Kier molecular flexibility index (Phi) is 7.16. The van der Waals surface area contributed by atoms with Crippen LogP contribution >= 0.6 is 0 Å². The first-order valence-corrected chi connectivity index (χ1v) is 10.3. The third kappa shape index (κ3) is 5.54. The quantitative estimate of drug-likeness (QED) is 0.711. The summed E-state index contributed by atoms with van der Waals surface area (Å²) in [6.07, 6.45) is 3.56. The molecule has 1 unspecified atom stereocenters. The van der Waals surface area contributed by atoms with E-state index in [4.69, 9.17) is 5.11 Å². The van der Waals surface area contributed by atoms with Crippen LogP contribution in [0.15, 0.2) is 29.2 Å². The monoisotopic (exact) mass is 382 g/mol. The highest BCUT2D eigenvalue weighted by Gasteiger charge is 2.25. The van der Waals surface area contributed by atoms with Crippen LogP contribution in [-0.2, 0) is 26.0 Å². The van der Waals surface area contributed by atoms with Gasteiger partial charge in [0.1, 0.15) is 0 Å². The molecule has 2 N–H and O–H groups in total. The minimum absolute atomic E-state index is 0.0984. The molecule has 0 aromatic heterocycles. The molecule has 26 heavy (non-hydrogen) atoms. The summed E-state index contributed by atoms with van der Waals surface area (Å²) >= 11 is 0. The van der Waals surface area contributed by atoms with Gasteiger partial charge in [0.05, 0.1) is 10.8 Å². The summed E-state index contributed by atoms with van der Waals surface area (Å²) < 4.78 is 26.7. The van der Waals surface area contributed by atoms with Gasteiger partial charge in [0.2, 0.25) is 15.9 Å². The maximum Gasteiger partial charge on any atom is 0.308 e. The van der Waals surface area contributed by atoms with Crippen molar-refractivity contribution in [2.75, 3.05) is 19.6 Å². The van der Waals surface area contributed by atoms with Gasteiger partial charge in [0.25, 0.3) is 0 Å². The largest absolute Gasteiger partial charge is 0.481 e. The molecule has 144 valence electrons. The van der Waals surface area contributed by atoms with Crippen LogP contribution in [0.4, 0.5) is 0 Å². The van der Waals surface area contributed by atoms with Gasteiger partial charge in [-0.25, -0.2) is 8.42 Å². The van der Waals surface area contributed by atoms with Crippen LogP contribution in [0, 0.1) is 5.92 Å². The highest BCUT2D eigenvalue weighted by Crippen LogP contribution is 2.21. The first-order chi connectivity index (χ1) is 12.3. The molecule has 0 radical (unpaired) electrons. The number of hydrogen-bond donors (Lipinski definition) is 2. The lowest BCUT2D eigenvalue weighted by molar-refractivity contribution is -0.141. The van der Waals surface area contributed by atoms with Gasteiger partial charge in [-0.1, -0.05) is 25.5 Å². The Balaban J connectivity index is 1.87. The topological polar surface area (TPSA) is 104 Å². The second-order valence-corrected chi connectivity index (χ2v) is 8.59. The molecule has 1 atom stereocenters. The average molecular weight is 382 g/mol. The van der Waals surface area contributed by atoms with E-state index in [1.165, 1.54) is 11.2 Å². The SMILES string of the molecule is CC(CNC(=O)CCc1ccc(S(=O)(=O)N2CCCCC2)cc1)C(=O)O. The van der Waals surface area contributed by atoms with Crippen molar-refractivity contribution in [1.82, 2.24) is 9.62 Å². The second kappa shape index (κ2) is 9.14. The molecule has 0 spiro atoms. The van der Waals surface area contributed by atoms with E-state index in [0.717, 1.165) is 24.8 Å². The van der Waals surface area contributed by atoms with Crippen molar-refractivity contribution in [2.45, 2.75) is 43.9 Å². The van der Waals surface area contributed by atoms with E-state index in [2.05, 4.69) is 5.32 Å². The van der Waals surface area contributed by atoms with Crippen molar-refractivity contribution in [3.63, 3.8) is 0 Å². The van der Waals surface area contributed by atoms with E-state index < -0.39 is 21.9 Å². The molecule has 1 aliphatic rings. The number of rotatable bonds is 8. The Bertz CT molecular complexity index is 724. The summed E-state index contributed by atoms with van der Waals surface area (Å²) in [6.45, 7) is 2.77. The van der Waals surface area contributed by atoms with Gasteiger partial charge in [-0.15, -0.1) is 0 Å². The Morgan fingerprint density at radius 1 is 1.15 bits per heavy atom. The van der Waals surface area contributed by atoms with Crippen LogP contribution in [0.5, 0.6) is 0 Å². The average Bonchev–Trinajstić information content (AvgIpc) is 2.65. The van der Waals surface area contributed by atoms with E-state index in [-0.39, 0.29) is 23.8 Å². The molecule has 0 saturated carbocycles. The number of nitrogens with zero attached hydrogens (tertiary/aromatic N) is 1. The number of benzene rings is 1. The van der Waals surface area contributed by atoms with E-state index >= 15 is 0 Å². The predicted octanol–water partition coefficient (Wildman–Crippen LogP) is 1.63. The number of carbonyl (C=O) groups excluding carboxylic acids is 1. The molecule has 1 saturated heterocycles. The molecule has 2 rings (SSSR count). The Hall–Kier alpha value is -1.93. The molecule has 1 heterocycles. The lowest BCUT2D eigenvalue weighted by atomic mass is 10.1. The highest BCUT2D eigenvalue weighted by atomic mass is 32.2. The summed E-state index contributed by atoms with van der Waals surface area (Å²) in [4.78, 5) is 22.8. The van der Waals surface area contributed by atoms with Crippen LogP contribution in [0.25, 0.3) is 0 Å². The van der Waals surface area contributed by atoms with Gasteiger partial charge in [-0.2, -0.15) is 4.31 Å². The number of piperidine rings is 1. The number of amides is 1. The Morgan fingerprint density at radius 2 is 1.77 bits per heavy atom. The van der Waals surface area contributed by atoms with Crippen molar-refractivity contribution < 1.29 is 23.1 Å². The summed E-state index contributed by atoms with van der Waals surface area (Å²) in [5.41, 5.74) is 0.865. The van der Waals surface area contributed by atoms with E-state index in [9.17, 15) is 18.0 Å². The summed E-state index contributed by atoms with van der Waals surface area (Å²) in [7, 11) is -3.44. The van der Waals surface area contributed by atoms with E-state index in [1.54, 1.807) is 24.3 Å². The molecule has 0 aliphatic carbocycles. The fourth-order valence-electron chi connectivity index (χ4n) is 2.78. The minimum atomic E-state index is -3.44. The molecule has 1 aliphatic heterocycles. The zero-order valence-corrected chi connectivity index (χ0v) is 15.8. The Labute approximate surface area is 154 Å². The van der Waals surface area contributed by atoms with Gasteiger partial charge in [0.15, 0.2) is 0 Å². The van der Waals surface area contributed by atoms with Crippen LogP contribution in [0.2, 0.25) is 0 Å². The number of hydrogen-bond acceptors (Lipinski definition) is 4. The standard InChI is InChI=1S/C18H26N2O5S/c1-14(18(22)23)13-19-17(21)10-7-15-5-8-16(9-6-15)26(24,25)20-11-3-2-4-12-20/h5-6,8-9,14H,2-4,7,10-13H2,1H3,(H,19,21)(H,22,23). The van der Waals surface area contributed by atoms with Crippen molar-refractivity contribution >= 4 is 21.9 Å². The second-order valence-electron chi connectivity index (χ2n) is 6.65. The maximum absolute atomic E-state index is 12.6. The van der Waals surface area contributed by atoms with Gasteiger partial charge < -0.3 is 10.4 Å². The van der Waals surface area contributed by atoms with Crippen molar-refractivity contribution in [3.05, 3.63) is 29.8 Å². The molecule has 1 aromatic rings. The number of carboxylic acid groups (broad SMARTS) is 1. The van der Waals surface area contributed by atoms with Crippen LogP contribution in [0.3, 0.4) is 0 Å². The summed E-state index contributed by atoms with van der Waals surface area (Å²) in [5.74, 6) is -1.79. The lowest BCUT2D eigenvalue weighted by Gasteiger charge is -2.25. The zero-order valence-electron chi connectivity index (χ0n) is 15.0. The maximum atomic E-state index is 12.6. The molecular formula is C18H26N2O5S. The number of carboxylic acids is 1. The summed E-state index contributed by atoms with van der Waals surface area (Å²) in [5, 5.41) is 11.4. The third-order valence-corrected chi connectivity index (χ3v) is 6.46. The van der Waals surface area contributed by atoms with Gasteiger partial charge in [-0.3, -0.25) is 9.59 Å². The molecule has 0 bridgehead atoms. The fourth-order valence-corrected chi connectivity index (χ4v) is 4.30. The molecule has 1 amide bonds. The number of aliphatic carboxylic acids is 1. The van der Waals surface area contributed by atoms with E-state index in [1.807, 2.05) is 0 Å². The molecule has 7 nitrogen and oxygen atoms in total. The van der Waals surface area contributed by atoms with Gasteiger partial charge in [0, 0.05) is 26.1 Å². The smallest absolute Gasteiger partial charge is 0.308 e. The zero-order chi connectivity index (χ0) is 19.2. The summed E-state index contributed by atoms with van der Waals surface area (Å²) in [6, 6.07) is 6.63. The van der Waals surface area contributed by atoms with Crippen LogP contribution in [0.1, 0.15) is 38.2 Å². The first-order valence-electron chi connectivity index (χ1n) is 8.89. The Morgan fingerprint density at radius 3 is 2.35 bits per heavy atom. The predicted molar refractivity (Wildman–Crippen MR) is 97.2 cm³/mol. The van der Waals surface area contributed by atoms with Crippen molar-refractivity contribution in [1.29, 1.82) is 0 Å². The molecule has 1 aromatic carbocycles. The number of aryl methyl sites for hydroxylation is 1. The van der Waals surface area contributed by atoms with E-state index in [0.29, 0.717) is 19.5 Å².